The Labute approximate surface area is 181 Å². The number of aromatic hydroxyl groups is 1. The smallest absolute Gasteiger partial charge is 0.266 e. The number of nitrogens with zero attached hydrogens (tertiary/aromatic N) is 1. The molecule has 144 valence electrons. The van der Waals surface area contributed by atoms with Gasteiger partial charge in [-0.15, -0.1) is 0 Å². The van der Waals surface area contributed by atoms with Gasteiger partial charge in [-0.05, 0) is 35.9 Å². The molecule has 2 aromatic carbocycles. The standard InChI is InChI=1S/C19H14Cl2N2O3S2/c20-12-5-6-15(24)14(10-12)22-17(25)7-8-23-18(26)16(28-19(23)27)9-11-3-1-2-4-13(11)21/h1-6,9-10,24H,7-8H2,(H,22,25)/b16-9+. The number of carbonyl (C=O) groups is 2. The van der Waals surface area contributed by atoms with Crippen LogP contribution in [-0.2, 0) is 9.59 Å². The highest BCUT2D eigenvalue weighted by molar-refractivity contribution is 8.26. The molecule has 0 saturated carbocycles. The molecule has 28 heavy (non-hydrogen) atoms. The summed E-state index contributed by atoms with van der Waals surface area (Å²) in [5, 5.41) is 13.3. The quantitative estimate of drug-likeness (QED) is 0.382. The number of thioether (sulfide) groups is 1. The van der Waals surface area contributed by atoms with E-state index in [2.05, 4.69) is 5.32 Å². The Hall–Kier alpha value is -2.06. The van der Waals surface area contributed by atoms with Crippen molar-refractivity contribution in [1.82, 2.24) is 4.90 Å². The van der Waals surface area contributed by atoms with Gasteiger partial charge in [0.1, 0.15) is 10.1 Å². The lowest BCUT2D eigenvalue weighted by Crippen LogP contribution is -2.31. The number of carbonyl (C=O) groups excluding carboxylic acids is 2. The van der Waals surface area contributed by atoms with Crippen molar-refractivity contribution in [2.45, 2.75) is 6.42 Å². The predicted molar refractivity (Wildman–Crippen MR) is 118 cm³/mol. The average Bonchev–Trinajstić information content (AvgIpc) is 2.91. The molecule has 2 aromatic rings. The molecule has 9 heteroatoms. The number of amides is 2. The number of benzene rings is 2. The zero-order valence-electron chi connectivity index (χ0n) is 14.3. The number of hydrogen-bond donors (Lipinski definition) is 2. The Morgan fingerprint density at radius 3 is 2.75 bits per heavy atom. The third kappa shape index (κ3) is 4.86. The number of phenols is 1. The number of rotatable bonds is 5. The van der Waals surface area contributed by atoms with Crippen LogP contribution >= 0.6 is 47.2 Å². The van der Waals surface area contributed by atoms with Crippen LogP contribution in [0.4, 0.5) is 5.69 Å². The topological polar surface area (TPSA) is 69.6 Å². The Balaban J connectivity index is 1.64. The molecule has 1 fully saturated rings. The maximum atomic E-state index is 12.6. The molecule has 0 bridgehead atoms. The Bertz CT molecular complexity index is 995. The van der Waals surface area contributed by atoms with Gasteiger partial charge >= 0.3 is 0 Å². The molecule has 0 unspecified atom stereocenters. The van der Waals surface area contributed by atoms with Crippen LogP contribution in [0, 0.1) is 0 Å². The van der Waals surface area contributed by atoms with Crippen molar-refractivity contribution < 1.29 is 14.7 Å². The van der Waals surface area contributed by atoms with E-state index in [0.717, 1.165) is 5.56 Å². The van der Waals surface area contributed by atoms with E-state index in [1.165, 1.54) is 34.9 Å². The minimum Gasteiger partial charge on any atom is -0.506 e. The second-order valence-corrected chi connectivity index (χ2v) is 8.33. The van der Waals surface area contributed by atoms with E-state index in [9.17, 15) is 14.7 Å². The lowest BCUT2D eigenvalue weighted by molar-refractivity contribution is -0.122. The monoisotopic (exact) mass is 452 g/mol. The van der Waals surface area contributed by atoms with Crippen LogP contribution in [0.1, 0.15) is 12.0 Å². The number of halogens is 2. The molecule has 1 aliphatic rings. The predicted octanol–water partition coefficient (Wildman–Crippen LogP) is 4.93. The molecule has 0 aromatic heterocycles. The maximum absolute atomic E-state index is 12.6. The van der Waals surface area contributed by atoms with Crippen molar-refractivity contribution in [2.24, 2.45) is 0 Å². The second kappa shape index (κ2) is 8.96. The molecular formula is C19H14Cl2N2O3S2. The SMILES string of the molecule is O=C(CCN1C(=O)/C(=C\c2ccccc2Cl)SC1=S)Nc1cc(Cl)ccc1O. The summed E-state index contributed by atoms with van der Waals surface area (Å²) in [6.07, 6.45) is 1.70. The maximum Gasteiger partial charge on any atom is 0.266 e. The van der Waals surface area contributed by atoms with Gasteiger partial charge in [0.15, 0.2) is 0 Å². The molecule has 3 rings (SSSR count). The normalized spacial score (nSPS) is 15.4. The van der Waals surface area contributed by atoms with Gasteiger partial charge in [0.25, 0.3) is 5.91 Å². The summed E-state index contributed by atoms with van der Waals surface area (Å²) in [5.41, 5.74) is 0.931. The largest absolute Gasteiger partial charge is 0.506 e. The molecule has 0 radical (unpaired) electrons. The van der Waals surface area contributed by atoms with Gasteiger partial charge in [0, 0.05) is 23.0 Å². The van der Waals surface area contributed by atoms with Crippen LogP contribution in [0.2, 0.25) is 10.0 Å². The summed E-state index contributed by atoms with van der Waals surface area (Å²) >= 11 is 18.4. The van der Waals surface area contributed by atoms with Gasteiger partial charge < -0.3 is 10.4 Å². The molecule has 1 heterocycles. The van der Waals surface area contributed by atoms with Gasteiger partial charge in [-0.1, -0.05) is 65.4 Å². The van der Waals surface area contributed by atoms with Crippen molar-refractivity contribution in [3.8, 4) is 5.75 Å². The van der Waals surface area contributed by atoms with Gasteiger partial charge in [-0.25, -0.2) is 0 Å². The van der Waals surface area contributed by atoms with E-state index < -0.39 is 0 Å². The van der Waals surface area contributed by atoms with Crippen molar-refractivity contribution >= 4 is 75.1 Å². The highest BCUT2D eigenvalue weighted by Crippen LogP contribution is 2.34. The zero-order chi connectivity index (χ0) is 20.3. The fraction of sp³-hybridized carbons (Fsp3) is 0.105. The van der Waals surface area contributed by atoms with Crippen molar-refractivity contribution in [3.63, 3.8) is 0 Å². The summed E-state index contributed by atoms with van der Waals surface area (Å²) in [4.78, 5) is 26.6. The Morgan fingerprint density at radius 2 is 2.00 bits per heavy atom. The minimum atomic E-state index is -0.373. The van der Waals surface area contributed by atoms with E-state index >= 15 is 0 Å². The molecule has 0 aliphatic carbocycles. The number of anilines is 1. The summed E-state index contributed by atoms with van der Waals surface area (Å²) in [6, 6.07) is 11.5. The molecule has 0 atom stereocenters. The molecule has 1 saturated heterocycles. The van der Waals surface area contributed by atoms with E-state index in [1.54, 1.807) is 24.3 Å². The lowest BCUT2D eigenvalue weighted by Gasteiger charge is -2.14. The first-order valence-electron chi connectivity index (χ1n) is 8.13. The molecular weight excluding hydrogens is 439 g/mol. The van der Waals surface area contributed by atoms with Crippen LogP contribution in [0.25, 0.3) is 6.08 Å². The van der Waals surface area contributed by atoms with Gasteiger partial charge in [-0.3, -0.25) is 14.5 Å². The first kappa shape index (κ1) is 20.7. The number of phenolic OH excluding ortho intramolecular Hbond substituents is 1. The van der Waals surface area contributed by atoms with Gasteiger partial charge in [0.05, 0.1) is 10.6 Å². The highest BCUT2D eigenvalue weighted by atomic mass is 35.5. The number of hydrogen-bond acceptors (Lipinski definition) is 5. The van der Waals surface area contributed by atoms with Crippen LogP contribution in [0.5, 0.6) is 5.75 Å². The van der Waals surface area contributed by atoms with Crippen LogP contribution < -0.4 is 5.32 Å². The summed E-state index contributed by atoms with van der Waals surface area (Å²) < 4.78 is 0.377. The Morgan fingerprint density at radius 1 is 1.25 bits per heavy atom. The highest BCUT2D eigenvalue weighted by Gasteiger charge is 2.32. The Kier molecular flexibility index (Phi) is 6.61. The van der Waals surface area contributed by atoms with Crippen molar-refractivity contribution in [1.29, 1.82) is 0 Å². The van der Waals surface area contributed by atoms with Crippen LogP contribution in [0.15, 0.2) is 47.4 Å². The average molecular weight is 453 g/mol. The van der Waals surface area contributed by atoms with E-state index in [-0.39, 0.29) is 36.2 Å². The van der Waals surface area contributed by atoms with E-state index in [4.69, 9.17) is 35.4 Å². The number of thiocarbonyl (C=S) groups is 1. The molecule has 2 N–H and O–H groups in total. The first-order valence-corrected chi connectivity index (χ1v) is 10.1. The van der Waals surface area contributed by atoms with Crippen molar-refractivity contribution in [3.05, 3.63) is 63.0 Å². The number of nitrogens with one attached hydrogen (secondary N) is 1. The van der Waals surface area contributed by atoms with E-state index in [1.807, 2.05) is 6.07 Å². The van der Waals surface area contributed by atoms with Crippen LogP contribution in [-0.4, -0.2) is 32.7 Å². The van der Waals surface area contributed by atoms with Crippen molar-refractivity contribution in [2.75, 3.05) is 11.9 Å². The molecule has 1 aliphatic heterocycles. The van der Waals surface area contributed by atoms with E-state index in [0.29, 0.717) is 19.3 Å². The summed E-state index contributed by atoms with van der Waals surface area (Å²) in [6.45, 7) is 0.123. The second-order valence-electron chi connectivity index (χ2n) is 5.81. The van der Waals surface area contributed by atoms with Crippen LogP contribution in [0.3, 0.4) is 0 Å². The fourth-order valence-electron chi connectivity index (χ4n) is 2.46. The van der Waals surface area contributed by atoms with Gasteiger partial charge in [0.2, 0.25) is 5.91 Å². The minimum absolute atomic E-state index is 0.0117. The zero-order valence-corrected chi connectivity index (χ0v) is 17.5. The van der Waals surface area contributed by atoms with Gasteiger partial charge in [-0.2, -0.15) is 0 Å². The molecule has 0 spiro atoms. The molecule has 2 amide bonds. The lowest BCUT2D eigenvalue weighted by atomic mass is 10.2. The third-order valence-electron chi connectivity index (χ3n) is 3.86. The molecule has 5 nitrogen and oxygen atoms in total. The first-order chi connectivity index (χ1) is 13.3. The third-order valence-corrected chi connectivity index (χ3v) is 5.82. The summed E-state index contributed by atoms with van der Waals surface area (Å²) in [7, 11) is 0. The summed E-state index contributed by atoms with van der Waals surface area (Å²) in [5.74, 6) is -0.735. The fourth-order valence-corrected chi connectivity index (χ4v) is 4.12.